The Labute approximate surface area is 229 Å². The number of rotatable bonds is 7. The van der Waals surface area contributed by atoms with Gasteiger partial charge in [-0.3, -0.25) is 9.36 Å². The van der Waals surface area contributed by atoms with E-state index in [2.05, 4.69) is 35.6 Å². The maximum atomic E-state index is 13.0. The molecule has 2 aromatic heterocycles. The molecular formula is C27H25ClN4O4S2. The van der Waals surface area contributed by atoms with Crippen molar-refractivity contribution in [3.05, 3.63) is 98.4 Å². The van der Waals surface area contributed by atoms with Crippen LogP contribution in [0.1, 0.15) is 37.8 Å². The highest BCUT2D eigenvalue weighted by Gasteiger charge is 2.19. The number of nitrogens with one attached hydrogen (secondary N) is 1. The number of sulfonamides is 1. The normalized spacial score (nSPS) is 12.3. The van der Waals surface area contributed by atoms with Gasteiger partial charge >= 0.3 is 4.87 Å². The van der Waals surface area contributed by atoms with Gasteiger partial charge in [0.2, 0.25) is 21.7 Å². The fourth-order valence-electron chi connectivity index (χ4n) is 3.94. The fraction of sp³-hybridized carbons (Fsp3) is 0.222. The number of halogens is 1. The number of aromatic nitrogens is 3. The highest BCUT2D eigenvalue weighted by atomic mass is 35.5. The number of fused-ring (bicyclic) bond motifs is 1. The largest absolute Gasteiger partial charge is 0.338 e. The Bertz CT molecular complexity index is 1770. The van der Waals surface area contributed by atoms with Crippen molar-refractivity contribution in [3.63, 3.8) is 0 Å². The van der Waals surface area contributed by atoms with E-state index < -0.39 is 10.0 Å². The summed E-state index contributed by atoms with van der Waals surface area (Å²) in [6.45, 7) is 6.60. The van der Waals surface area contributed by atoms with E-state index in [4.69, 9.17) is 16.1 Å². The first kappa shape index (κ1) is 26.3. The van der Waals surface area contributed by atoms with Gasteiger partial charge in [-0.2, -0.15) is 4.98 Å². The van der Waals surface area contributed by atoms with Gasteiger partial charge in [0.05, 0.1) is 28.2 Å². The average Bonchev–Trinajstić information content (AvgIpc) is 3.48. The molecule has 0 aliphatic rings. The first-order valence-electron chi connectivity index (χ1n) is 11.8. The Hall–Kier alpha value is -3.31. The quantitative estimate of drug-likeness (QED) is 0.274. The SMILES string of the molecule is CC(C)(C)c1ccc(-c2noc(CNS(=O)(=O)c3ccc4c(c3)sc(=O)n4Cc3ccc(Cl)cc3)n2)cc1. The summed E-state index contributed by atoms with van der Waals surface area (Å²) in [5, 5.41) is 4.60. The number of hydrogen-bond donors (Lipinski definition) is 1. The Kier molecular flexibility index (Phi) is 6.99. The second-order valence-electron chi connectivity index (χ2n) is 9.87. The molecular weight excluding hydrogens is 544 g/mol. The van der Waals surface area contributed by atoms with Crippen LogP contribution < -0.4 is 9.60 Å². The van der Waals surface area contributed by atoms with Crippen LogP contribution in [0.2, 0.25) is 5.02 Å². The van der Waals surface area contributed by atoms with Crippen LogP contribution in [0.15, 0.2) is 80.9 Å². The van der Waals surface area contributed by atoms with E-state index >= 15 is 0 Å². The van der Waals surface area contributed by atoms with Crippen molar-refractivity contribution in [3.8, 4) is 11.4 Å². The zero-order valence-electron chi connectivity index (χ0n) is 20.9. The van der Waals surface area contributed by atoms with Crippen molar-refractivity contribution in [2.75, 3.05) is 0 Å². The van der Waals surface area contributed by atoms with Crippen molar-refractivity contribution in [1.29, 1.82) is 0 Å². The molecule has 8 nitrogen and oxygen atoms in total. The molecule has 0 atom stereocenters. The maximum absolute atomic E-state index is 13.0. The van der Waals surface area contributed by atoms with E-state index in [1.807, 2.05) is 36.4 Å². The number of nitrogens with zero attached hydrogens (tertiary/aromatic N) is 3. The van der Waals surface area contributed by atoms with Crippen LogP contribution in [0.25, 0.3) is 21.6 Å². The smallest absolute Gasteiger partial charge is 0.308 e. The molecule has 3 aromatic carbocycles. The zero-order valence-corrected chi connectivity index (χ0v) is 23.3. The van der Waals surface area contributed by atoms with Crippen LogP contribution in [0.4, 0.5) is 0 Å². The fourth-order valence-corrected chi connectivity index (χ4v) is 6.07. The van der Waals surface area contributed by atoms with Gasteiger partial charge in [-0.1, -0.05) is 85.3 Å². The van der Waals surface area contributed by atoms with Crippen molar-refractivity contribution in [2.45, 2.75) is 44.2 Å². The summed E-state index contributed by atoms with van der Waals surface area (Å²) < 4.78 is 35.9. The Morgan fingerprint density at radius 3 is 2.42 bits per heavy atom. The minimum atomic E-state index is -3.89. The molecule has 0 spiro atoms. The van der Waals surface area contributed by atoms with Crippen LogP contribution in [0.5, 0.6) is 0 Å². The summed E-state index contributed by atoms with van der Waals surface area (Å²) in [7, 11) is -3.89. The molecule has 5 aromatic rings. The maximum Gasteiger partial charge on any atom is 0.308 e. The molecule has 5 rings (SSSR count). The molecule has 0 aliphatic carbocycles. The van der Waals surface area contributed by atoms with E-state index in [0.717, 1.165) is 22.5 Å². The predicted octanol–water partition coefficient (Wildman–Crippen LogP) is 5.59. The van der Waals surface area contributed by atoms with Crippen LogP contribution >= 0.6 is 22.9 Å². The monoisotopic (exact) mass is 568 g/mol. The van der Waals surface area contributed by atoms with E-state index in [9.17, 15) is 13.2 Å². The lowest BCUT2D eigenvalue weighted by Crippen LogP contribution is -2.23. The summed E-state index contributed by atoms with van der Waals surface area (Å²) >= 11 is 6.95. The molecule has 0 amide bonds. The van der Waals surface area contributed by atoms with Crippen molar-refractivity contribution < 1.29 is 12.9 Å². The molecule has 0 saturated carbocycles. The molecule has 0 fully saturated rings. The molecule has 38 heavy (non-hydrogen) atoms. The lowest BCUT2D eigenvalue weighted by Gasteiger charge is -2.18. The first-order chi connectivity index (χ1) is 18.0. The minimum Gasteiger partial charge on any atom is -0.338 e. The molecule has 196 valence electrons. The summed E-state index contributed by atoms with van der Waals surface area (Å²) in [6, 6.07) is 19.7. The third kappa shape index (κ3) is 5.58. The first-order valence-corrected chi connectivity index (χ1v) is 14.5. The molecule has 0 unspecified atom stereocenters. The number of benzene rings is 3. The average molecular weight is 569 g/mol. The molecule has 0 radical (unpaired) electrons. The molecule has 0 aliphatic heterocycles. The van der Waals surface area contributed by atoms with Gasteiger partial charge in [-0.25, -0.2) is 13.1 Å². The second kappa shape index (κ2) is 10.1. The van der Waals surface area contributed by atoms with E-state index in [0.29, 0.717) is 27.6 Å². The standard InChI is InChI=1S/C27H25ClN4O4S2/c1-27(2,3)19-8-6-18(7-9-19)25-30-24(36-31-25)15-29-38(34,35)21-12-13-22-23(14-21)37-26(33)32(22)16-17-4-10-20(28)11-5-17/h4-14,29H,15-16H2,1-3H3. The van der Waals surface area contributed by atoms with Crippen molar-refractivity contribution in [2.24, 2.45) is 0 Å². The highest BCUT2D eigenvalue weighted by molar-refractivity contribution is 7.89. The number of thiazole rings is 1. The third-order valence-electron chi connectivity index (χ3n) is 6.09. The summed E-state index contributed by atoms with van der Waals surface area (Å²) in [5.41, 5.74) is 3.56. The van der Waals surface area contributed by atoms with Crippen LogP contribution in [-0.2, 0) is 28.5 Å². The van der Waals surface area contributed by atoms with E-state index in [-0.39, 0.29) is 27.6 Å². The van der Waals surface area contributed by atoms with Gasteiger partial charge in [0.25, 0.3) is 0 Å². The molecule has 1 N–H and O–H groups in total. The molecule has 2 heterocycles. The molecule has 0 bridgehead atoms. The van der Waals surface area contributed by atoms with Crippen LogP contribution in [0, 0.1) is 0 Å². The van der Waals surface area contributed by atoms with Gasteiger partial charge in [-0.05, 0) is 46.9 Å². The lowest BCUT2D eigenvalue weighted by atomic mass is 9.87. The Morgan fingerprint density at radius 1 is 1.03 bits per heavy atom. The van der Waals surface area contributed by atoms with Gasteiger partial charge in [-0.15, -0.1) is 0 Å². The lowest BCUT2D eigenvalue weighted by molar-refractivity contribution is 0.376. The van der Waals surface area contributed by atoms with Crippen LogP contribution in [-0.4, -0.2) is 23.1 Å². The second-order valence-corrected chi connectivity index (χ2v) is 13.1. The molecule has 11 heteroatoms. The van der Waals surface area contributed by atoms with E-state index in [1.54, 1.807) is 22.8 Å². The van der Waals surface area contributed by atoms with Gasteiger partial charge in [0.15, 0.2) is 0 Å². The van der Waals surface area contributed by atoms with Gasteiger partial charge < -0.3 is 4.52 Å². The highest BCUT2D eigenvalue weighted by Crippen LogP contribution is 2.26. The van der Waals surface area contributed by atoms with E-state index in [1.165, 1.54) is 17.7 Å². The topological polar surface area (TPSA) is 107 Å². The predicted molar refractivity (Wildman–Crippen MR) is 149 cm³/mol. The third-order valence-corrected chi connectivity index (χ3v) is 8.69. The minimum absolute atomic E-state index is 0.0254. The summed E-state index contributed by atoms with van der Waals surface area (Å²) in [6.07, 6.45) is 0. The number of hydrogen-bond acceptors (Lipinski definition) is 7. The zero-order chi connectivity index (χ0) is 27.1. The summed E-state index contributed by atoms with van der Waals surface area (Å²) in [4.78, 5) is 16.8. The van der Waals surface area contributed by atoms with Gasteiger partial charge in [0, 0.05) is 10.6 Å². The summed E-state index contributed by atoms with van der Waals surface area (Å²) in [5.74, 6) is 0.524. The van der Waals surface area contributed by atoms with Crippen molar-refractivity contribution in [1.82, 2.24) is 19.4 Å². The molecule has 0 saturated heterocycles. The van der Waals surface area contributed by atoms with Crippen molar-refractivity contribution >= 4 is 43.2 Å². The van der Waals surface area contributed by atoms with Crippen LogP contribution in [0.3, 0.4) is 0 Å². The Balaban J connectivity index is 1.30. The van der Waals surface area contributed by atoms with Gasteiger partial charge in [0.1, 0.15) is 0 Å². The Morgan fingerprint density at radius 2 is 1.74 bits per heavy atom.